The molecular weight excluding hydrogens is 388 g/mol. The minimum Gasteiger partial charge on any atom is -0.335 e. The second kappa shape index (κ2) is 9.43. The van der Waals surface area contributed by atoms with E-state index in [0.717, 1.165) is 31.0 Å². The molecule has 3 amide bonds. The van der Waals surface area contributed by atoms with Crippen molar-refractivity contribution in [3.05, 3.63) is 34.6 Å². The van der Waals surface area contributed by atoms with Crippen LogP contribution < -0.4 is 16.2 Å². The van der Waals surface area contributed by atoms with Crippen molar-refractivity contribution in [2.24, 2.45) is 5.92 Å². The average Bonchev–Trinajstić information content (AvgIpc) is 2.68. The van der Waals surface area contributed by atoms with E-state index in [1.54, 1.807) is 16.7 Å². The van der Waals surface area contributed by atoms with E-state index < -0.39 is 11.9 Å². The number of carbonyl (C=O) groups is 2. The first-order valence-corrected chi connectivity index (χ1v) is 11.1. The first-order chi connectivity index (χ1) is 13.9. The third-order valence-electron chi connectivity index (χ3n) is 5.31. The summed E-state index contributed by atoms with van der Waals surface area (Å²) in [5.41, 5.74) is 0.471. The molecule has 0 spiro atoms. The zero-order chi connectivity index (χ0) is 21.0. The third kappa shape index (κ3) is 5.18. The van der Waals surface area contributed by atoms with E-state index in [9.17, 15) is 14.4 Å². The Morgan fingerprint density at radius 2 is 1.97 bits per heavy atom. The molecule has 2 atom stereocenters. The predicted molar refractivity (Wildman–Crippen MR) is 115 cm³/mol. The number of hydrogen-bond acceptors (Lipinski definition) is 5. The van der Waals surface area contributed by atoms with Crippen LogP contribution in [0.15, 0.2) is 34.2 Å². The fourth-order valence-electron chi connectivity index (χ4n) is 3.71. The zero-order valence-electron chi connectivity index (χ0n) is 17.1. The van der Waals surface area contributed by atoms with Gasteiger partial charge in [0, 0.05) is 12.1 Å². The van der Waals surface area contributed by atoms with Crippen LogP contribution in [0.1, 0.15) is 52.5 Å². The summed E-state index contributed by atoms with van der Waals surface area (Å²) in [5, 5.41) is 6.33. The van der Waals surface area contributed by atoms with Gasteiger partial charge < -0.3 is 5.32 Å². The summed E-state index contributed by atoms with van der Waals surface area (Å²) in [4.78, 5) is 41.8. The standard InChI is InChI=1S/C21H28N4O3S/c1-13(2)25-19(27)15-9-5-7-11-17(15)23-21(25)29-12-18(26)24-20(28)22-16-10-6-4-8-14(16)3/h5,7,9,11,13-14,16H,4,6,8,10,12H2,1-3H3,(H2,22,24,26,28)/t14-,16+/m0/s1. The lowest BCUT2D eigenvalue weighted by Gasteiger charge is -2.29. The molecule has 0 radical (unpaired) electrons. The van der Waals surface area contributed by atoms with Crippen LogP contribution in [0, 0.1) is 5.92 Å². The van der Waals surface area contributed by atoms with Gasteiger partial charge in [-0.25, -0.2) is 9.78 Å². The highest BCUT2D eigenvalue weighted by atomic mass is 32.2. The van der Waals surface area contributed by atoms with E-state index in [1.165, 1.54) is 6.42 Å². The number of nitrogens with zero attached hydrogens (tertiary/aromatic N) is 2. The monoisotopic (exact) mass is 416 g/mol. The molecule has 0 bridgehead atoms. The van der Waals surface area contributed by atoms with Gasteiger partial charge in [0.1, 0.15) is 0 Å². The van der Waals surface area contributed by atoms with Crippen LogP contribution in [0.25, 0.3) is 10.9 Å². The Bertz CT molecular complexity index is 957. The number of thioether (sulfide) groups is 1. The van der Waals surface area contributed by atoms with Crippen molar-refractivity contribution in [1.82, 2.24) is 20.2 Å². The van der Waals surface area contributed by atoms with Gasteiger partial charge in [-0.15, -0.1) is 0 Å². The number of carbonyl (C=O) groups excluding carboxylic acids is 2. The molecule has 0 unspecified atom stereocenters. The highest BCUT2D eigenvalue weighted by Crippen LogP contribution is 2.24. The molecule has 29 heavy (non-hydrogen) atoms. The highest BCUT2D eigenvalue weighted by Gasteiger charge is 2.23. The Labute approximate surface area is 174 Å². The molecule has 1 aliphatic carbocycles. The van der Waals surface area contributed by atoms with Crippen LogP contribution in [0.5, 0.6) is 0 Å². The van der Waals surface area contributed by atoms with Crippen LogP contribution >= 0.6 is 11.8 Å². The Hall–Kier alpha value is -2.35. The third-order valence-corrected chi connectivity index (χ3v) is 6.26. The average molecular weight is 417 g/mol. The fraction of sp³-hybridized carbons (Fsp3) is 0.524. The van der Waals surface area contributed by atoms with Gasteiger partial charge >= 0.3 is 6.03 Å². The first-order valence-electron chi connectivity index (χ1n) is 10.1. The number of nitrogens with one attached hydrogen (secondary N) is 2. The molecule has 1 fully saturated rings. The van der Waals surface area contributed by atoms with Crippen LogP contribution in [-0.4, -0.2) is 33.3 Å². The van der Waals surface area contributed by atoms with Crippen molar-refractivity contribution in [3.8, 4) is 0 Å². The number of benzene rings is 1. The summed E-state index contributed by atoms with van der Waals surface area (Å²) in [6.07, 6.45) is 4.32. The van der Waals surface area contributed by atoms with Gasteiger partial charge in [-0.2, -0.15) is 0 Å². The summed E-state index contributed by atoms with van der Waals surface area (Å²) in [7, 11) is 0. The van der Waals surface area contributed by atoms with E-state index in [1.807, 2.05) is 26.0 Å². The molecule has 2 N–H and O–H groups in total. The van der Waals surface area contributed by atoms with Gasteiger partial charge in [0.2, 0.25) is 5.91 Å². The largest absolute Gasteiger partial charge is 0.335 e. The molecule has 0 aliphatic heterocycles. The van der Waals surface area contributed by atoms with Gasteiger partial charge in [-0.1, -0.05) is 43.7 Å². The maximum Gasteiger partial charge on any atom is 0.321 e. The second-order valence-electron chi connectivity index (χ2n) is 7.86. The minimum absolute atomic E-state index is 0.00510. The Balaban J connectivity index is 1.65. The van der Waals surface area contributed by atoms with Crippen LogP contribution in [0.2, 0.25) is 0 Å². The van der Waals surface area contributed by atoms with Crippen molar-refractivity contribution >= 4 is 34.6 Å². The summed E-state index contributed by atoms with van der Waals surface area (Å²) < 4.78 is 1.59. The molecule has 3 rings (SSSR count). The molecule has 1 aliphatic rings. The molecule has 7 nitrogen and oxygen atoms in total. The van der Waals surface area contributed by atoms with Crippen molar-refractivity contribution < 1.29 is 9.59 Å². The number of aromatic nitrogens is 2. The molecule has 1 heterocycles. The molecule has 1 aromatic heterocycles. The van der Waals surface area contributed by atoms with Crippen molar-refractivity contribution in [3.63, 3.8) is 0 Å². The summed E-state index contributed by atoms with van der Waals surface area (Å²) in [6, 6.07) is 6.72. The highest BCUT2D eigenvalue weighted by molar-refractivity contribution is 7.99. The van der Waals surface area contributed by atoms with Gasteiger partial charge in [0.15, 0.2) is 5.16 Å². The number of rotatable bonds is 5. The zero-order valence-corrected chi connectivity index (χ0v) is 17.9. The van der Waals surface area contributed by atoms with Gasteiger partial charge in [0.25, 0.3) is 5.56 Å². The Morgan fingerprint density at radius 3 is 2.69 bits per heavy atom. The topological polar surface area (TPSA) is 93.1 Å². The first kappa shape index (κ1) is 21.4. The molecule has 1 saturated carbocycles. The minimum atomic E-state index is -0.456. The summed E-state index contributed by atoms with van der Waals surface area (Å²) >= 11 is 1.16. The van der Waals surface area contributed by atoms with Crippen molar-refractivity contribution in [2.45, 2.75) is 63.7 Å². The molecule has 2 aromatic rings. The number of hydrogen-bond donors (Lipinski definition) is 2. The van der Waals surface area contributed by atoms with Gasteiger partial charge in [0.05, 0.1) is 16.7 Å². The van der Waals surface area contributed by atoms with Crippen molar-refractivity contribution in [1.29, 1.82) is 0 Å². The quantitative estimate of drug-likeness (QED) is 0.575. The molecule has 0 saturated heterocycles. The maximum absolute atomic E-state index is 12.8. The Morgan fingerprint density at radius 1 is 1.24 bits per heavy atom. The fourth-order valence-corrected chi connectivity index (χ4v) is 4.64. The second-order valence-corrected chi connectivity index (χ2v) is 8.80. The molecular formula is C21H28N4O3S. The lowest BCUT2D eigenvalue weighted by molar-refractivity contribution is -0.117. The van der Waals surface area contributed by atoms with E-state index >= 15 is 0 Å². The Kier molecular flexibility index (Phi) is 6.95. The van der Waals surface area contributed by atoms with E-state index in [4.69, 9.17) is 0 Å². The maximum atomic E-state index is 12.8. The number of para-hydroxylation sites is 1. The van der Waals surface area contributed by atoms with Crippen LogP contribution in [0.3, 0.4) is 0 Å². The SMILES string of the molecule is CC(C)n1c(SCC(=O)NC(=O)N[C@@H]2CCCC[C@@H]2C)nc2ccccc2c1=O. The number of imide groups is 1. The van der Waals surface area contributed by atoms with Crippen molar-refractivity contribution in [2.75, 3.05) is 5.75 Å². The number of amides is 3. The predicted octanol–water partition coefficient (Wildman–Crippen LogP) is 3.47. The lowest BCUT2D eigenvalue weighted by Crippen LogP contribution is -2.48. The molecule has 1 aromatic carbocycles. The van der Waals surface area contributed by atoms with Crippen LogP contribution in [0.4, 0.5) is 4.79 Å². The van der Waals surface area contributed by atoms with E-state index in [0.29, 0.717) is 22.0 Å². The lowest BCUT2D eigenvalue weighted by atomic mass is 9.86. The molecule has 8 heteroatoms. The van der Waals surface area contributed by atoms with E-state index in [-0.39, 0.29) is 23.4 Å². The molecule has 156 valence electrons. The summed E-state index contributed by atoms with van der Waals surface area (Å²) in [6.45, 7) is 5.93. The van der Waals surface area contributed by atoms with Gasteiger partial charge in [-0.3, -0.25) is 19.5 Å². The normalized spacial score (nSPS) is 19.3. The smallest absolute Gasteiger partial charge is 0.321 e. The van der Waals surface area contributed by atoms with E-state index in [2.05, 4.69) is 22.5 Å². The summed E-state index contributed by atoms with van der Waals surface area (Å²) in [5.74, 6) is 0.0143. The number of fused-ring (bicyclic) bond motifs is 1. The number of urea groups is 1. The van der Waals surface area contributed by atoms with Gasteiger partial charge in [-0.05, 0) is 44.7 Å². The van der Waals surface area contributed by atoms with Crippen LogP contribution in [-0.2, 0) is 4.79 Å².